The summed E-state index contributed by atoms with van der Waals surface area (Å²) in [6.07, 6.45) is 4.90. The number of nitrogens with one attached hydrogen (secondary N) is 1. The highest BCUT2D eigenvalue weighted by molar-refractivity contribution is 5.29. The van der Waals surface area contributed by atoms with Crippen LogP contribution in [0.1, 0.15) is 37.7 Å². The molecule has 0 bridgehead atoms. The predicted octanol–water partition coefficient (Wildman–Crippen LogP) is 3.33. The van der Waals surface area contributed by atoms with E-state index >= 15 is 0 Å². The van der Waals surface area contributed by atoms with Gasteiger partial charge in [0.15, 0.2) is 0 Å². The van der Waals surface area contributed by atoms with Gasteiger partial charge in [-0.3, -0.25) is 0 Å². The van der Waals surface area contributed by atoms with E-state index in [0.717, 1.165) is 37.7 Å². The van der Waals surface area contributed by atoms with Crippen LogP contribution in [0.5, 0.6) is 5.75 Å². The third-order valence-corrected chi connectivity index (χ3v) is 3.51. The lowest BCUT2D eigenvalue weighted by atomic mass is 10.1. The summed E-state index contributed by atoms with van der Waals surface area (Å²) in [7, 11) is 0. The van der Waals surface area contributed by atoms with Crippen molar-refractivity contribution < 1.29 is 4.74 Å². The first-order valence-corrected chi connectivity index (χ1v) is 7.68. The van der Waals surface area contributed by atoms with Crippen molar-refractivity contribution in [1.29, 1.82) is 0 Å². The number of ether oxygens (including phenoxy) is 1. The molecule has 0 aliphatic rings. The van der Waals surface area contributed by atoms with E-state index in [9.17, 15) is 0 Å². The SMILES string of the molecule is CCCOc1ccc(C(Cn2ccnc2C)NCC)cc1. The Bertz CT molecular complexity index is 533. The van der Waals surface area contributed by atoms with E-state index in [1.165, 1.54) is 5.56 Å². The number of hydrogen-bond acceptors (Lipinski definition) is 3. The molecule has 1 unspecified atom stereocenters. The highest BCUT2D eigenvalue weighted by Crippen LogP contribution is 2.20. The molecular weight excluding hydrogens is 262 g/mol. The van der Waals surface area contributed by atoms with Crippen molar-refractivity contribution in [3.05, 3.63) is 48.0 Å². The van der Waals surface area contributed by atoms with Crippen LogP contribution in [-0.4, -0.2) is 22.7 Å². The van der Waals surface area contributed by atoms with Gasteiger partial charge in [0.05, 0.1) is 12.6 Å². The summed E-state index contributed by atoms with van der Waals surface area (Å²) >= 11 is 0. The largest absolute Gasteiger partial charge is 0.494 e. The number of rotatable bonds is 8. The Balaban J connectivity index is 2.08. The summed E-state index contributed by atoms with van der Waals surface area (Å²) in [5, 5.41) is 3.54. The van der Waals surface area contributed by atoms with Gasteiger partial charge in [0, 0.05) is 18.9 Å². The maximum Gasteiger partial charge on any atom is 0.119 e. The zero-order chi connectivity index (χ0) is 15.1. The van der Waals surface area contributed by atoms with E-state index in [2.05, 4.69) is 53.0 Å². The molecule has 0 amide bonds. The second-order valence-corrected chi connectivity index (χ2v) is 5.15. The zero-order valence-corrected chi connectivity index (χ0v) is 13.2. The molecule has 0 aliphatic heterocycles. The summed E-state index contributed by atoms with van der Waals surface area (Å²) in [5.74, 6) is 1.98. The van der Waals surface area contributed by atoms with Gasteiger partial charge in [0.1, 0.15) is 11.6 Å². The Morgan fingerprint density at radius 1 is 1.24 bits per heavy atom. The highest BCUT2D eigenvalue weighted by atomic mass is 16.5. The molecule has 1 heterocycles. The number of likely N-dealkylation sites (N-methyl/N-ethyl adjacent to an activating group) is 1. The van der Waals surface area contributed by atoms with Crippen LogP contribution < -0.4 is 10.1 Å². The molecule has 0 radical (unpaired) electrons. The van der Waals surface area contributed by atoms with Crippen molar-refractivity contribution in [2.75, 3.05) is 13.2 Å². The number of aryl methyl sites for hydroxylation is 1. The molecule has 114 valence electrons. The molecule has 0 aliphatic carbocycles. The van der Waals surface area contributed by atoms with E-state index in [1.54, 1.807) is 0 Å². The molecule has 1 aromatic carbocycles. The average Bonchev–Trinajstić information content (AvgIpc) is 2.90. The number of benzene rings is 1. The monoisotopic (exact) mass is 287 g/mol. The topological polar surface area (TPSA) is 39.1 Å². The molecule has 0 fully saturated rings. The van der Waals surface area contributed by atoms with Crippen LogP contribution in [0, 0.1) is 6.92 Å². The number of aromatic nitrogens is 2. The smallest absolute Gasteiger partial charge is 0.119 e. The Morgan fingerprint density at radius 3 is 2.57 bits per heavy atom. The van der Waals surface area contributed by atoms with E-state index < -0.39 is 0 Å². The van der Waals surface area contributed by atoms with Crippen LogP contribution in [0.15, 0.2) is 36.7 Å². The minimum absolute atomic E-state index is 0.281. The van der Waals surface area contributed by atoms with Crippen LogP contribution >= 0.6 is 0 Å². The standard InChI is InChI=1S/C17H25N3O/c1-4-12-21-16-8-6-15(7-9-16)17(18-5-2)13-20-11-10-19-14(20)3/h6-11,17-18H,4-5,12-13H2,1-3H3. The Labute approximate surface area is 127 Å². The Kier molecular flexibility index (Phi) is 5.81. The third kappa shape index (κ3) is 4.33. The lowest BCUT2D eigenvalue weighted by Gasteiger charge is -2.20. The first kappa shape index (κ1) is 15.6. The molecule has 4 heteroatoms. The Morgan fingerprint density at radius 2 is 2.00 bits per heavy atom. The number of nitrogens with zero attached hydrogens (tertiary/aromatic N) is 2. The molecular formula is C17H25N3O. The number of imidazole rings is 1. The summed E-state index contributed by atoms with van der Waals surface area (Å²) < 4.78 is 7.81. The van der Waals surface area contributed by atoms with Gasteiger partial charge < -0.3 is 14.6 Å². The van der Waals surface area contributed by atoms with Crippen LogP contribution in [0.3, 0.4) is 0 Å². The van der Waals surface area contributed by atoms with Gasteiger partial charge in [-0.1, -0.05) is 26.0 Å². The maximum absolute atomic E-state index is 5.64. The first-order chi connectivity index (χ1) is 10.2. The summed E-state index contributed by atoms with van der Waals surface area (Å²) in [6, 6.07) is 8.67. The molecule has 1 aromatic heterocycles. The molecule has 0 saturated heterocycles. The van der Waals surface area contributed by atoms with Gasteiger partial charge in [-0.2, -0.15) is 0 Å². The fourth-order valence-electron chi connectivity index (χ4n) is 2.34. The Hall–Kier alpha value is -1.81. The molecule has 2 rings (SSSR count). The van der Waals surface area contributed by atoms with E-state index in [-0.39, 0.29) is 6.04 Å². The summed E-state index contributed by atoms with van der Waals surface area (Å²) in [4.78, 5) is 4.29. The van der Waals surface area contributed by atoms with Crippen LogP contribution in [0.4, 0.5) is 0 Å². The molecule has 0 saturated carbocycles. The summed E-state index contributed by atoms with van der Waals surface area (Å²) in [5.41, 5.74) is 1.27. The van der Waals surface area contributed by atoms with Crippen molar-refractivity contribution in [1.82, 2.24) is 14.9 Å². The van der Waals surface area contributed by atoms with Crippen molar-refractivity contribution in [3.63, 3.8) is 0 Å². The van der Waals surface area contributed by atoms with Crippen molar-refractivity contribution in [2.45, 2.75) is 39.8 Å². The quantitative estimate of drug-likeness (QED) is 0.809. The van der Waals surface area contributed by atoms with Gasteiger partial charge in [0.2, 0.25) is 0 Å². The third-order valence-electron chi connectivity index (χ3n) is 3.51. The second kappa shape index (κ2) is 7.84. The predicted molar refractivity (Wildman–Crippen MR) is 85.6 cm³/mol. The van der Waals surface area contributed by atoms with Gasteiger partial charge in [-0.15, -0.1) is 0 Å². The van der Waals surface area contributed by atoms with E-state index in [1.807, 2.05) is 19.3 Å². The minimum atomic E-state index is 0.281. The lowest BCUT2D eigenvalue weighted by Crippen LogP contribution is -2.25. The number of hydrogen-bond donors (Lipinski definition) is 1. The molecule has 4 nitrogen and oxygen atoms in total. The lowest BCUT2D eigenvalue weighted by molar-refractivity contribution is 0.317. The minimum Gasteiger partial charge on any atom is -0.494 e. The van der Waals surface area contributed by atoms with Gasteiger partial charge in [0.25, 0.3) is 0 Å². The van der Waals surface area contributed by atoms with Crippen LogP contribution in [0.2, 0.25) is 0 Å². The molecule has 21 heavy (non-hydrogen) atoms. The van der Waals surface area contributed by atoms with E-state index in [0.29, 0.717) is 0 Å². The van der Waals surface area contributed by atoms with Crippen LogP contribution in [-0.2, 0) is 6.54 Å². The summed E-state index contributed by atoms with van der Waals surface area (Å²) in [6.45, 7) is 8.87. The van der Waals surface area contributed by atoms with Gasteiger partial charge >= 0.3 is 0 Å². The van der Waals surface area contributed by atoms with Gasteiger partial charge in [-0.05, 0) is 37.6 Å². The zero-order valence-electron chi connectivity index (χ0n) is 13.2. The van der Waals surface area contributed by atoms with Crippen LogP contribution in [0.25, 0.3) is 0 Å². The normalized spacial score (nSPS) is 12.3. The van der Waals surface area contributed by atoms with Gasteiger partial charge in [-0.25, -0.2) is 4.98 Å². The fourth-order valence-corrected chi connectivity index (χ4v) is 2.34. The van der Waals surface area contributed by atoms with Crippen molar-refractivity contribution in [2.24, 2.45) is 0 Å². The molecule has 0 spiro atoms. The maximum atomic E-state index is 5.64. The molecule has 1 N–H and O–H groups in total. The molecule has 1 atom stereocenters. The van der Waals surface area contributed by atoms with Crippen molar-refractivity contribution >= 4 is 0 Å². The van der Waals surface area contributed by atoms with Crippen molar-refractivity contribution in [3.8, 4) is 5.75 Å². The average molecular weight is 287 g/mol. The van der Waals surface area contributed by atoms with E-state index in [4.69, 9.17) is 4.74 Å². The molecule has 2 aromatic rings. The first-order valence-electron chi connectivity index (χ1n) is 7.68. The highest BCUT2D eigenvalue weighted by Gasteiger charge is 2.12. The second-order valence-electron chi connectivity index (χ2n) is 5.15. The fraction of sp³-hybridized carbons (Fsp3) is 0.471.